The zero-order valence-corrected chi connectivity index (χ0v) is 8.99. The molecule has 0 bridgehead atoms. The molecule has 0 saturated heterocycles. The van der Waals surface area contributed by atoms with Gasteiger partial charge in [0.15, 0.2) is 9.84 Å². The maximum Gasteiger partial charge on any atom is 0.176 e. The minimum Gasteiger partial charge on any atom is -0.472 e. The van der Waals surface area contributed by atoms with Crippen molar-refractivity contribution in [3.8, 4) is 11.1 Å². The van der Waals surface area contributed by atoms with Crippen molar-refractivity contribution >= 4 is 9.84 Å². The first-order chi connectivity index (χ1) is 7.09. The molecule has 1 aromatic carbocycles. The highest BCUT2D eigenvalue weighted by molar-refractivity contribution is 7.90. The number of rotatable bonds is 2. The van der Waals surface area contributed by atoms with Gasteiger partial charge in [0.1, 0.15) is 0 Å². The molecule has 2 rings (SSSR count). The van der Waals surface area contributed by atoms with E-state index in [-0.39, 0.29) is 0 Å². The molecule has 0 atom stereocenters. The number of benzene rings is 1. The summed E-state index contributed by atoms with van der Waals surface area (Å²) in [5, 5.41) is 0. The summed E-state index contributed by atoms with van der Waals surface area (Å²) in [6.07, 6.45) is 4.25. The van der Waals surface area contributed by atoms with Crippen molar-refractivity contribution in [2.45, 2.75) is 4.90 Å². The average Bonchev–Trinajstić information content (AvgIpc) is 2.69. The second-order valence-corrected chi connectivity index (χ2v) is 5.26. The molecule has 3 nitrogen and oxygen atoms in total. The molecular weight excluding hydrogens is 212 g/mol. The van der Waals surface area contributed by atoms with Gasteiger partial charge in [-0.05, 0) is 12.1 Å². The molecular formula is C11H10O3S. The molecule has 1 heterocycles. The Bertz CT molecular complexity index is 553. The van der Waals surface area contributed by atoms with Gasteiger partial charge in [-0.25, -0.2) is 8.42 Å². The summed E-state index contributed by atoms with van der Waals surface area (Å²) >= 11 is 0. The minimum atomic E-state index is -3.20. The van der Waals surface area contributed by atoms with Crippen molar-refractivity contribution in [3.05, 3.63) is 42.9 Å². The molecule has 0 fully saturated rings. The Balaban J connectivity index is 2.68. The fraction of sp³-hybridized carbons (Fsp3) is 0.0909. The van der Waals surface area contributed by atoms with Crippen LogP contribution in [0.25, 0.3) is 11.1 Å². The van der Waals surface area contributed by atoms with Crippen LogP contribution >= 0.6 is 0 Å². The van der Waals surface area contributed by atoms with Crippen LogP contribution in [0.4, 0.5) is 0 Å². The second kappa shape index (κ2) is 3.55. The van der Waals surface area contributed by atoms with E-state index in [0.717, 1.165) is 5.56 Å². The van der Waals surface area contributed by atoms with E-state index in [4.69, 9.17) is 4.42 Å². The third kappa shape index (κ3) is 1.94. The quantitative estimate of drug-likeness (QED) is 0.783. The third-order valence-electron chi connectivity index (χ3n) is 2.12. The molecule has 0 aliphatic heterocycles. The Morgan fingerprint density at radius 3 is 2.47 bits per heavy atom. The van der Waals surface area contributed by atoms with Gasteiger partial charge < -0.3 is 4.42 Å². The van der Waals surface area contributed by atoms with Gasteiger partial charge in [0.2, 0.25) is 0 Å². The number of hydrogen-bond donors (Lipinski definition) is 0. The monoisotopic (exact) mass is 222 g/mol. The van der Waals surface area contributed by atoms with E-state index in [1.807, 2.05) is 0 Å². The van der Waals surface area contributed by atoms with Gasteiger partial charge in [-0.15, -0.1) is 0 Å². The van der Waals surface area contributed by atoms with E-state index in [0.29, 0.717) is 10.5 Å². The Morgan fingerprint density at radius 1 is 1.13 bits per heavy atom. The lowest BCUT2D eigenvalue weighted by molar-refractivity contribution is 0.568. The SMILES string of the molecule is CS(=O)(=O)c1ccccc1-c1ccoc1. The third-order valence-corrected chi connectivity index (χ3v) is 3.27. The molecule has 0 aliphatic carbocycles. The van der Waals surface area contributed by atoms with Gasteiger partial charge in [-0.1, -0.05) is 18.2 Å². The average molecular weight is 222 g/mol. The van der Waals surface area contributed by atoms with Crippen LogP contribution in [0.2, 0.25) is 0 Å². The van der Waals surface area contributed by atoms with Gasteiger partial charge in [-0.2, -0.15) is 0 Å². The summed E-state index contributed by atoms with van der Waals surface area (Å²) in [5.41, 5.74) is 1.45. The fourth-order valence-electron chi connectivity index (χ4n) is 1.45. The Labute approximate surface area is 88.3 Å². The van der Waals surface area contributed by atoms with E-state index >= 15 is 0 Å². The topological polar surface area (TPSA) is 47.3 Å². The highest BCUT2D eigenvalue weighted by atomic mass is 32.2. The smallest absolute Gasteiger partial charge is 0.176 e. The lowest BCUT2D eigenvalue weighted by Gasteiger charge is -2.04. The van der Waals surface area contributed by atoms with Crippen molar-refractivity contribution in [2.24, 2.45) is 0 Å². The zero-order valence-electron chi connectivity index (χ0n) is 8.17. The molecule has 15 heavy (non-hydrogen) atoms. The molecule has 0 amide bonds. The van der Waals surface area contributed by atoms with Crippen LogP contribution in [-0.2, 0) is 9.84 Å². The van der Waals surface area contributed by atoms with Gasteiger partial charge in [0, 0.05) is 17.4 Å². The van der Waals surface area contributed by atoms with Crippen LogP contribution in [0.15, 0.2) is 52.2 Å². The first-order valence-corrected chi connectivity index (χ1v) is 6.30. The van der Waals surface area contributed by atoms with E-state index in [1.54, 1.807) is 30.3 Å². The second-order valence-electron chi connectivity index (χ2n) is 3.28. The van der Waals surface area contributed by atoms with Crippen molar-refractivity contribution in [1.29, 1.82) is 0 Å². The summed E-state index contributed by atoms with van der Waals surface area (Å²) < 4.78 is 28.0. The van der Waals surface area contributed by atoms with Crippen LogP contribution in [0.3, 0.4) is 0 Å². The Hall–Kier alpha value is -1.55. The maximum absolute atomic E-state index is 11.5. The van der Waals surface area contributed by atoms with E-state index in [9.17, 15) is 8.42 Å². The molecule has 0 N–H and O–H groups in total. The standard InChI is InChI=1S/C11H10O3S/c1-15(12,13)11-5-3-2-4-10(11)9-6-7-14-8-9/h2-8H,1H3. The summed E-state index contributed by atoms with van der Waals surface area (Å²) in [6, 6.07) is 8.61. The summed E-state index contributed by atoms with van der Waals surface area (Å²) in [4.78, 5) is 0.325. The normalized spacial score (nSPS) is 11.5. The Morgan fingerprint density at radius 2 is 1.87 bits per heavy atom. The molecule has 0 saturated carbocycles. The van der Waals surface area contributed by atoms with E-state index in [1.165, 1.54) is 18.8 Å². The van der Waals surface area contributed by atoms with Crippen molar-refractivity contribution in [2.75, 3.05) is 6.26 Å². The lowest BCUT2D eigenvalue weighted by atomic mass is 10.1. The first kappa shape index (κ1) is 9.98. The largest absolute Gasteiger partial charge is 0.472 e. The zero-order chi connectivity index (χ0) is 10.9. The number of furan rings is 1. The van der Waals surface area contributed by atoms with Gasteiger partial charge >= 0.3 is 0 Å². The van der Waals surface area contributed by atoms with Crippen molar-refractivity contribution < 1.29 is 12.8 Å². The van der Waals surface area contributed by atoms with Crippen molar-refractivity contribution in [3.63, 3.8) is 0 Å². The van der Waals surface area contributed by atoms with Crippen LogP contribution in [0, 0.1) is 0 Å². The van der Waals surface area contributed by atoms with Crippen molar-refractivity contribution in [1.82, 2.24) is 0 Å². The summed E-state index contributed by atoms with van der Waals surface area (Å²) in [6.45, 7) is 0. The van der Waals surface area contributed by atoms with E-state index in [2.05, 4.69) is 0 Å². The highest BCUT2D eigenvalue weighted by Gasteiger charge is 2.13. The number of sulfone groups is 1. The molecule has 4 heteroatoms. The molecule has 0 unspecified atom stereocenters. The van der Waals surface area contributed by atoms with Crippen LogP contribution in [-0.4, -0.2) is 14.7 Å². The predicted molar refractivity (Wildman–Crippen MR) is 57.3 cm³/mol. The molecule has 0 spiro atoms. The van der Waals surface area contributed by atoms with Gasteiger partial charge in [0.05, 0.1) is 17.4 Å². The van der Waals surface area contributed by atoms with Gasteiger partial charge in [-0.3, -0.25) is 0 Å². The molecule has 78 valence electrons. The molecule has 1 aromatic heterocycles. The molecule has 0 aliphatic rings. The van der Waals surface area contributed by atoms with Gasteiger partial charge in [0.25, 0.3) is 0 Å². The highest BCUT2D eigenvalue weighted by Crippen LogP contribution is 2.27. The molecule has 0 radical (unpaired) electrons. The molecule has 2 aromatic rings. The van der Waals surface area contributed by atoms with Crippen LogP contribution < -0.4 is 0 Å². The number of hydrogen-bond acceptors (Lipinski definition) is 3. The van der Waals surface area contributed by atoms with E-state index < -0.39 is 9.84 Å². The minimum absolute atomic E-state index is 0.325. The maximum atomic E-state index is 11.5. The first-order valence-electron chi connectivity index (χ1n) is 4.41. The Kier molecular flexibility index (Phi) is 2.36. The lowest BCUT2D eigenvalue weighted by Crippen LogP contribution is -1.98. The predicted octanol–water partition coefficient (Wildman–Crippen LogP) is 2.35. The summed E-state index contributed by atoms with van der Waals surface area (Å²) in [5.74, 6) is 0. The van der Waals surface area contributed by atoms with Crippen LogP contribution in [0.5, 0.6) is 0 Å². The summed E-state index contributed by atoms with van der Waals surface area (Å²) in [7, 11) is -3.20. The fourth-order valence-corrected chi connectivity index (χ4v) is 2.36. The van der Waals surface area contributed by atoms with Crippen LogP contribution in [0.1, 0.15) is 0 Å².